The number of hydrogen-bond donors (Lipinski definition) is 5. The molecule has 2 aromatic heterocycles. The summed E-state index contributed by atoms with van der Waals surface area (Å²) in [7, 11) is -3.84. The first-order valence-corrected chi connectivity index (χ1v) is 14.5. The average molecular weight is 561 g/mol. The van der Waals surface area contributed by atoms with Crippen molar-refractivity contribution in [3.05, 3.63) is 33.7 Å². The highest BCUT2D eigenvalue weighted by molar-refractivity contribution is 8.01. The third-order valence-electron chi connectivity index (χ3n) is 5.26. The molecule has 0 saturated carbocycles. The van der Waals surface area contributed by atoms with Gasteiger partial charge in [-0.2, -0.15) is 5.21 Å². The Morgan fingerprint density at radius 1 is 1.43 bits per heavy atom. The molecule has 2 aliphatic heterocycles. The Balaban J connectivity index is 1.57. The number of sulfonamides is 1. The van der Waals surface area contributed by atoms with Crippen LogP contribution in [0.15, 0.2) is 33.9 Å². The number of primary sulfonamides is 1. The molecular formula is C17H20N8O6S4. The lowest BCUT2D eigenvalue weighted by Crippen LogP contribution is -2.71. The summed E-state index contributed by atoms with van der Waals surface area (Å²) in [6.07, 6.45) is -0.0345. The van der Waals surface area contributed by atoms with Crippen molar-refractivity contribution in [2.45, 2.75) is 34.3 Å². The van der Waals surface area contributed by atoms with E-state index in [1.54, 1.807) is 17.5 Å². The molecule has 4 heterocycles. The second kappa shape index (κ2) is 10.2. The second-order valence-electron chi connectivity index (χ2n) is 7.52. The molecule has 1 saturated heterocycles. The first-order valence-electron chi connectivity index (χ1n) is 9.97. The van der Waals surface area contributed by atoms with Gasteiger partial charge in [0.05, 0.1) is 5.75 Å². The smallest absolute Gasteiger partial charge is 0.352 e. The predicted octanol–water partition coefficient (Wildman–Crippen LogP) is -1.16. The van der Waals surface area contributed by atoms with Crippen LogP contribution < -0.4 is 16.2 Å². The highest BCUT2D eigenvalue weighted by Crippen LogP contribution is 2.44. The highest BCUT2D eigenvalue weighted by atomic mass is 32.2. The Morgan fingerprint density at radius 3 is 2.80 bits per heavy atom. The molecule has 4 rings (SSSR count). The van der Waals surface area contributed by atoms with Gasteiger partial charge in [0.25, 0.3) is 5.91 Å². The third-order valence-corrected chi connectivity index (χ3v) is 9.51. The van der Waals surface area contributed by atoms with E-state index < -0.39 is 56.3 Å². The summed E-state index contributed by atoms with van der Waals surface area (Å²) in [5, 5.41) is 31.7. The maximum absolute atomic E-state index is 13.0. The molecule has 0 bridgehead atoms. The number of nitrogens with one attached hydrogen (secondary N) is 2. The number of carboxylic acids is 1. The first kappa shape index (κ1) is 25.6. The van der Waals surface area contributed by atoms with Gasteiger partial charge in [0, 0.05) is 15.9 Å². The van der Waals surface area contributed by atoms with Gasteiger partial charge in [-0.3, -0.25) is 14.5 Å². The summed E-state index contributed by atoms with van der Waals surface area (Å²) < 4.78 is 23.1. The number of thioether (sulfide) groups is 2. The van der Waals surface area contributed by atoms with Gasteiger partial charge in [-0.05, 0) is 28.7 Å². The van der Waals surface area contributed by atoms with E-state index in [1.807, 2.05) is 0 Å². The maximum Gasteiger partial charge on any atom is 0.352 e. The van der Waals surface area contributed by atoms with Crippen LogP contribution in [0.3, 0.4) is 0 Å². The van der Waals surface area contributed by atoms with E-state index in [9.17, 15) is 27.9 Å². The minimum absolute atomic E-state index is 0.0345. The summed E-state index contributed by atoms with van der Waals surface area (Å²) in [5.41, 5.74) is 6.04. The Morgan fingerprint density at radius 2 is 2.20 bits per heavy atom. The number of nitrogens with zero attached hydrogens (tertiary/aromatic N) is 4. The zero-order valence-electron chi connectivity index (χ0n) is 17.7. The predicted molar refractivity (Wildman–Crippen MR) is 127 cm³/mol. The number of β-lactam (4-membered cyclic amide) rings is 1. The van der Waals surface area contributed by atoms with Crippen LogP contribution in [0.5, 0.6) is 0 Å². The molecule has 3 unspecified atom stereocenters. The quantitative estimate of drug-likeness (QED) is 0.171. The van der Waals surface area contributed by atoms with Crippen LogP contribution in [0.4, 0.5) is 0 Å². The average Bonchev–Trinajstić information content (AvgIpc) is 3.52. The number of rotatable bonds is 10. The number of carbonyl (C=O) groups excluding carboxylic acids is 2. The molecule has 2 aliphatic rings. The Labute approximate surface area is 211 Å². The van der Waals surface area contributed by atoms with Gasteiger partial charge in [0.2, 0.25) is 21.1 Å². The SMILES string of the molecule is NC(C(=O)NC1C(=O)N2C(C(=O)O)=C(C(CCS(N)(=O)=O)Sc3nn[nH]n3)CS[C@@H]12)c1cccs1. The first-order chi connectivity index (χ1) is 16.6. The van der Waals surface area contributed by atoms with Crippen LogP contribution in [-0.2, 0) is 24.4 Å². The molecule has 188 valence electrons. The second-order valence-corrected chi connectivity index (χ2v) is 12.5. The molecule has 2 aromatic rings. The Bertz CT molecular complexity index is 1250. The van der Waals surface area contributed by atoms with Crippen LogP contribution in [-0.4, -0.2) is 85.0 Å². The van der Waals surface area contributed by atoms with E-state index >= 15 is 0 Å². The number of thiophene rings is 1. The van der Waals surface area contributed by atoms with E-state index in [4.69, 9.17) is 10.9 Å². The maximum atomic E-state index is 13.0. The normalized spacial score (nSPS) is 21.8. The fourth-order valence-electron chi connectivity index (χ4n) is 3.64. The van der Waals surface area contributed by atoms with Gasteiger partial charge in [-0.25, -0.2) is 18.4 Å². The van der Waals surface area contributed by atoms with Gasteiger partial charge in [0.1, 0.15) is 23.2 Å². The summed E-state index contributed by atoms with van der Waals surface area (Å²) in [6.45, 7) is 0. The number of aromatic nitrogens is 4. The topological polar surface area (TPSA) is 227 Å². The molecule has 0 aliphatic carbocycles. The Hall–Kier alpha value is -2.51. The molecule has 4 atom stereocenters. The monoisotopic (exact) mass is 560 g/mol. The third kappa shape index (κ3) is 5.51. The van der Waals surface area contributed by atoms with E-state index in [-0.39, 0.29) is 23.0 Å². The molecule has 0 aromatic carbocycles. The number of nitrogens with two attached hydrogens (primary N) is 2. The van der Waals surface area contributed by atoms with E-state index in [0.717, 1.165) is 16.7 Å². The van der Waals surface area contributed by atoms with Gasteiger partial charge in [-0.15, -0.1) is 33.3 Å². The van der Waals surface area contributed by atoms with Crippen molar-refractivity contribution < 1.29 is 27.9 Å². The van der Waals surface area contributed by atoms with Crippen LogP contribution in [0.2, 0.25) is 0 Å². The number of tetrazole rings is 1. The largest absolute Gasteiger partial charge is 0.477 e. The summed E-state index contributed by atoms with van der Waals surface area (Å²) in [5.74, 6) is -2.75. The van der Waals surface area contributed by atoms with E-state index in [0.29, 0.717) is 10.5 Å². The van der Waals surface area contributed by atoms with Crippen molar-refractivity contribution in [3.8, 4) is 0 Å². The van der Waals surface area contributed by atoms with Crippen molar-refractivity contribution in [1.29, 1.82) is 0 Å². The zero-order valence-corrected chi connectivity index (χ0v) is 21.0. The number of amides is 2. The number of aliphatic carboxylic acids is 1. The number of hydrogen-bond acceptors (Lipinski definition) is 12. The van der Waals surface area contributed by atoms with Crippen molar-refractivity contribution in [1.82, 2.24) is 30.8 Å². The summed E-state index contributed by atoms with van der Waals surface area (Å²) >= 11 is 3.57. The molecule has 0 radical (unpaired) electrons. The molecule has 35 heavy (non-hydrogen) atoms. The number of carbonyl (C=O) groups is 3. The van der Waals surface area contributed by atoms with Crippen LogP contribution in [0.25, 0.3) is 0 Å². The Kier molecular flexibility index (Phi) is 7.48. The number of fused-ring (bicyclic) bond motifs is 1. The van der Waals surface area contributed by atoms with Crippen molar-refractivity contribution in [3.63, 3.8) is 0 Å². The van der Waals surface area contributed by atoms with Crippen molar-refractivity contribution in [2.24, 2.45) is 10.9 Å². The molecule has 1 fully saturated rings. The molecule has 14 nitrogen and oxygen atoms in total. The van der Waals surface area contributed by atoms with Crippen LogP contribution in [0, 0.1) is 0 Å². The lowest BCUT2D eigenvalue weighted by Gasteiger charge is -2.50. The zero-order chi connectivity index (χ0) is 25.3. The molecule has 7 N–H and O–H groups in total. The van der Waals surface area contributed by atoms with Gasteiger partial charge >= 0.3 is 5.97 Å². The fraction of sp³-hybridized carbons (Fsp3) is 0.412. The summed E-state index contributed by atoms with van der Waals surface area (Å²) in [4.78, 5) is 39.5. The number of carboxylic acid groups (broad SMARTS) is 1. The van der Waals surface area contributed by atoms with Crippen molar-refractivity contribution in [2.75, 3.05) is 11.5 Å². The number of H-pyrrole nitrogens is 1. The van der Waals surface area contributed by atoms with Crippen LogP contribution in [0.1, 0.15) is 17.3 Å². The molecule has 0 spiro atoms. The lowest BCUT2D eigenvalue weighted by molar-refractivity contribution is -0.150. The van der Waals surface area contributed by atoms with Gasteiger partial charge in [0.15, 0.2) is 0 Å². The van der Waals surface area contributed by atoms with Crippen LogP contribution >= 0.6 is 34.9 Å². The summed E-state index contributed by atoms with van der Waals surface area (Å²) in [6, 6.07) is 1.57. The molecular weight excluding hydrogens is 541 g/mol. The molecule has 18 heteroatoms. The highest BCUT2D eigenvalue weighted by Gasteiger charge is 2.55. The van der Waals surface area contributed by atoms with E-state index in [2.05, 4.69) is 25.9 Å². The van der Waals surface area contributed by atoms with E-state index in [1.165, 1.54) is 23.1 Å². The minimum Gasteiger partial charge on any atom is -0.477 e. The number of aromatic amines is 1. The fourth-order valence-corrected chi connectivity index (χ4v) is 7.61. The van der Waals surface area contributed by atoms with Gasteiger partial charge < -0.3 is 16.2 Å². The standard InChI is InChI=1S/C17H20N8O6S4/c18-10(9-2-1-4-32-9)13(26)20-11-14(27)25-12(16(28)29)7(6-33-15(11)25)8(3-5-35(19,30)31)34-17-21-23-24-22-17/h1-2,4,8,10-11,15H,3,5-6,18H2,(H,20,26)(H,28,29)(H2,19,30,31)(H,21,22,23,24)/t8?,10?,11?,15-/m0/s1. The van der Waals surface area contributed by atoms with Crippen molar-refractivity contribution >= 4 is 62.7 Å². The minimum atomic E-state index is -3.84. The molecule has 2 amide bonds. The lowest BCUT2D eigenvalue weighted by atomic mass is 10.00. The van der Waals surface area contributed by atoms with Gasteiger partial charge in [-0.1, -0.05) is 17.8 Å².